The number of hydrogen-bond acceptors (Lipinski definition) is 4. The summed E-state index contributed by atoms with van der Waals surface area (Å²) in [6.07, 6.45) is 4.32. The van der Waals surface area contributed by atoms with Crippen LogP contribution in [0.5, 0.6) is 0 Å². The van der Waals surface area contributed by atoms with Gasteiger partial charge in [0.15, 0.2) is 0 Å². The maximum Gasteiger partial charge on any atom is 0.227 e. The van der Waals surface area contributed by atoms with Crippen LogP contribution in [0.3, 0.4) is 0 Å². The number of rotatable bonds is 4. The molecule has 1 unspecified atom stereocenters. The summed E-state index contributed by atoms with van der Waals surface area (Å²) in [5.74, 6) is 0.123. The summed E-state index contributed by atoms with van der Waals surface area (Å²) < 4.78 is 1.70. The molecule has 16 heavy (non-hydrogen) atoms. The first kappa shape index (κ1) is 11.1. The van der Waals surface area contributed by atoms with Gasteiger partial charge in [0.1, 0.15) is 0 Å². The van der Waals surface area contributed by atoms with Gasteiger partial charge >= 0.3 is 0 Å². The second-order valence-corrected chi connectivity index (χ2v) is 4.41. The lowest BCUT2D eigenvalue weighted by Crippen LogP contribution is -2.41. The Morgan fingerprint density at radius 1 is 1.69 bits per heavy atom. The van der Waals surface area contributed by atoms with Gasteiger partial charge in [-0.1, -0.05) is 5.21 Å². The van der Waals surface area contributed by atoms with Crippen molar-refractivity contribution < 1.29 is 4.79 Å². The van der Waals surface area contributed by atoms with E-state index in [1.165, 1.54) is 0 Å². The van der Waals surface area contributed by atoms with Crippen molar-refractivity contribution >= 4 is 5.91 Å². The lowest BCUT2D eigenvalue weighted by molar-refractivity contribution is -0.129. The monoisotopic (exact) mass is 223 g/mol. The van der Waals surface area contributed by atoms with E-state index in [1.54, 1.807) is 17.1 Å². The molecule has 0 saturated carbocycles. The van der Waals surface area contributed by atoms with Gasteiger partial charge in [-0.15, -0.1) is 5.10 Å². The van der Waals surface area contributed by atoms with Crippen molar-refractivity contribution in [3.05, 3.63) is 12.4 Å². The van der Waals surface area contributed by atoms with E-state index in [1.807, 2.05) is 6.92 Å². The highest BCUT2D eigenvalue weighted by molar-refractivity contribution is 5.82. The van der Waals surface area contributed by atoms with E-state index >= 15 is 0 Å². The summed E-state index contributed by atoms with van der Waals surface area (Å²) >= 11 is 0. The van der Waals surface area contributed by atoms with Gasteiger partial charge in [-0.3, -0.25) is 9.48 Å². The molecule has 0 spiro atoms. The predicted octanol–water partition coefficient (Wildman–Crippen LogP) is -0.606. The van der Waals surface area contributed by atoms with Crippen molar-refractivity contribution in [2.75, 3.05) is 19.6 Å². The number of nitrogens with one attached hydrogen (secondary N) is 2. The highest BCUT2D eigenvalue weighted by Crippen LogP contribution is 2.24. The van der Waals surface area contributed by atoms with E-state index in [0.717, 1.165) is 19.5 Å². The SMILES string of the molecule is CC1(C(=O)NCCn2ccnn2)CCNC1. The quantitative estimate of drug-likeness (QED) is 0.714. The average molecular weight is 223 g/mol. The van der Waals surface area contributed by atoms with Gasteiger partial charge in [0.2, 0.25) is 5.91 Å². The van der Waals surface area contributed by atoms with Crippen molar-refractivity contribution in [1.82, 2.24) is 25.6 Å². The predicted molar refractivity (Wildman–Crippen MR) is 58.6 cm³/mol. The molecule has 1 aromatic rings. The van der Waals surface area contributed by atoms with Gasteiger partial charge in [-0.2, -0.15) is 0 Å². The third kappa shape index (κ3) is 2.38. The average Bonchev–Trinajstić information content (AvgIpc) is 2.90. The highest BCUT2D eigenvalue weighted by Gasteiger charge is 2.35. The van der Waals surface area contributed by atoms with Crippen molar-refractivity contribution in [2.24, 2.45) is 5.41 Å². The van der Waals surface area contributed by atoms with E-state index in [0.29, 0.717) is 13.1 Å². The van der Waals surface area contributed by atoms with E-state index in [4.69, 9.17) is 0 Å². The van der Waals surface area contributed by atoms with Crippen molar-refractivity contribution in [3.8, 4) is 0 Å². The van der Waals surface area contributed by atoms with Crippen LogP contribution in [0.25, 0.3) is 0 Å². The van der Waals surface area contributed by atoms with Crippen molar-refractivity contribution in [3.63, 3.8) is 0 Å². The topological polar surface area (TPSA) is 71.8 Å². The Labute approximate surface area is 94.4 Å². The zero-order valence-electron chi connectivity index (χ0n) is 9.44. The van der Waals surface area contributed by atoms with Gasteiger partial charge in [0.05, 0.1) is 18.2 Å². The fourth-order valence-corrected chi connectivity index (χ4v) is 1.86. The summed E-state index contributed by atoms with van der Waals surface area (Å²) in [6, 6.07) is 0. The largest absolute Gasteiger partial charge is 0.354 e. The summed E-state index contributed by atoms with van der Waals surface area (Å²) in [5, 5.41) is 13.7. The van der Waals surface area contributed by atoms with E-state index in [-0.39, 0.29) is 11.3 Å². The summed E-state index contributed by atoms with van der Waals surface area (Å²) in [6.45, 7) is 4.94. The van der Waals surface area contributed by atoms with Crippen LogP contribution in [0.4, 0.5) is 0 Å². The molecule has 0 aromatic carbocycles. The van der Waals surface area contributed by atoms with Gasteiger partial charge in [0, 0.05) is 19.3 Å². The molecule has 0 bridgehead atoms. The minimum Gasteiger partial charge on any atom is -0.354 e. The zero-order chi connectivity index (χ0) is 11.4. The van der Waals surface area contributed by atoms with Gasteiger partial charge in [0.25, 0.3) is 0 Å². The van der Waals surface area contributed by atoms with Crippen LogP contribution in [-0.4, -0.2) is 40.5 Å². The van der Waals surface area contributed by atoms with Crippen LogP contribution >= 0.6 is 0 Å². The molecule has 2 N–H and O–H groups in total. The Kier molecular flexibility index (Phi) is 3.19. The number of carbonyl (C=O) groups is 1. The Hall–Kier alpha value is -1.43. The maximum absolute atomic E-state index is 11.9. The first-order valence-corrected chi connectivity index (χ1v) is 5.54. The summed E-state index contributed by atoms with van der Waals surface area (Å²) in [7, 11) is 0. The van der Waals surface area contributed by atoms with E-state index < -0.39 is 0 Å². The fraction of sp³-hybridized carbons (Fsp3) is 0.700. The molecular formula is C10H17N5O. The van der Waals surface area contributed by atoms with Crippen LogP contribution in [-0.2, 0) is 11.3 Å². The molecule has 2 rings (SSSR count). The van der Waals surface area contributed by atoms with Crippen LogP contribution < -0.4 is 10.6 Å². The number of nitrogens with zero attached hydrogens (tertiary/aromatic N) is 3. The second kappa shape index (κ2) is 4.61. The molecule has 88 valence electrons. The van der Waals surface area contributed by atoms with Gasteiger partial charge in [-0.05, 0) is 19.9 Å². The first-order chi connectivity index (χ1) is 7.71. The van der Waals surface area contributed by atoms with Crippen LogP contribution in [0.2, 0.25) is 0 Å². The molecule has 6 nitrogen and oxygen atoms in total. The third-order valence-corrected chi connectivity index (χ3v) is 3.02. The van der Waals surface area contributed by atoms with Crippen LogP contribution in [0.1, 0.15) is 13.3 Å². The summed E-state index contributed by atoms with van der Waals surface area (Å²) in [5.41, 5.74) is -0.248. The molecule has 2 heterocycles. The Morgan fingerprint density at radius 2 is 2.56 bits per heavy atom. The number of amides is 1. The third-order valence-electron chi connectivity index (χ3n) is 3.02. The van der Waals surface area contributed by atoms with E-state index in [2.05, 4.69) is 20.9 Å². The fourth-order valence-electron chi connectivity index (χ4n) is 1.86. The summed E-state index contributed by atoms with van der Waals surface area (Å²) in [4.78, 5) is 11.9. The van der Waals surface area contributed by atoms with Gasteiger partial charge in [-0.25, -0.2) is 0 Å². The number of carbonyl (C=O) groups excluding carboxylic acids is 1. The molecule has 1 aromatic heterocycles. The minimum atomic E-state index is -0.248. The minimum absolute atomic E-state index is 0.123. The Bertz CT molecular complexity index is 342. The molecule has 1 amide bonds. The Balaban J connectivity index is 1.75. The molecule has 1 atom stereocenters. The smallest absolute Gasteiger partial charge is 0.227 e. The highest BCUT2D eigenvalue weighted by atomic mass is 16.2. The van der Waals surface area contributed by atoms with Crippen molar-refractivity contribution in [2.45, 2.75) is 19.9 Å². The molecule has 1 saturated heterocycles. The standard InChI is InChI=1S/C10H17N5O/c1-10(2-3-11-8-10)9(16)12-4-6-15-7-5-13-14-15/h5,7,11H,2-4,6,8H2,1H3,(H,12,16). The molecule has 1 fully saturated rings. The molecule has 0 aliphatic carbocycles. The maximum atomic E-state index is 11.9. The lowest BCUT2D eigenvalue weighted by Gasteiger charge is -2.21. The molecule has 6 heteroatoms. The van der Waals surface area contributed by atoms with Crippen LogP contribution in [0, 0.1) is 5.41 Å². The molecule has 1 aliphatic heterocycles. The molecule has 1 aliphatic rings. The normalized spacial score (nSPS) is 24.6. The van der Waals surface area contributed by atoms with E-state index in [9.17, 15) is 4.79 Å². The second-order valence-electron chi connectivity index (χ2n) is 4.41. The number of aromatic nitrogens is 3. The lowest BCUT2D eigenvalue weighted by atomic mass is 9.89. The molecular weight excluding hydrogens is 206 g/mol. The van der Waals surface area contributed by atoms with Crippen molar-refractivity contribution in [1.29, 1.82) is 0 Å². The zero-order valence-corrected chi connectivity index (χ0v) is 9.44. The number of hydrogen-bond donors (Lipinski definition) is 2. The molecule has 0 radical (unpaired) electrons. The van der Waals surface area contributed by atoms with Gasteiger partial charge < -0.3 is 10.6 Å². The first-order valence-electron chi connectivity index (χ1n) is 5.54. The Morgan fingerprint density at radius 3 is 3.19 bits per heavy atom. The van der Waals surface area contributed by atoms with Crippen LogP contribution in [0.15, 0.2) is 12.4 Å².